The van der Waals surface area contributed by atoms with E-state index in [1.165, 1.54) is 72.4 Å². The van der Waals surface area contributed by atoms with Crippen LogP contribution < -0.4 is 0 Å². The van der Waals surface area contributed by atoms with Crippen LogP contribution in [0.1, 0.15) is 11.1 Å². The van der Waals surface area contributed by atoms with Gasteiger partial charge in [-0.2, -0.15) is 0 Å². The zero-order valence-electron chi connectivity index (χ0n) is 17.6. The monoisotopic (exact) mass is 482 g/mol. The van der Waals surface area contributed by atoms with E-state index < -0.39 is 0 Å². The summed E-state index contributed by atoms with van der Waals surface area (Å²) in [5, 5.41) is 12.6. The lowest BCUT2D eigenvalue weighted by atomic mass is 10.00. The number of aryl methyl sites for hydroxylation is 2. The highest BCUT2D eigenvalue weighted by Crippen LogP contribution is 2.44. The van der Waals surface area contributed by atoms with Crippen molar-refractivity contribution in [1.82, 2.24) is 0 Å². The van der Waals surface area contributed by atoms with E-state index in [4.69, 9.17) is 0 Å². The summed E-state index contributed by atoms with van der Waals surface area (Å²) in [7, 11) is 0. The first-order valence-corrected chi connectivity index (χ1v) is 14.0. The molecule has 4 aromatic heterocycles. The van der Waals surface area contributed by atoms with E-state index in [2.05, 4.69) is 85.3 Å². The SMILES string of the molecule is Cc1csc(-c2cc3ccc4c5ccc6cc(-c7cc(C)cs7)sc6c5ccc4c3s2)c1. The molecule has 0 fully saturated rings. The van der Waals surface area contributed by atoms with Crippen molar-refractivity contribution >= 4 is 87.1 Å². The smallest absolute Gasteiger partial charge is 0.0455 e. The molecule has 154 valence electrons. The number of rotatable bonds is 2. The van der Waals surface area contributed by atoms with Crippen LogP contribution in [-0.4, -0.2) is 0 Å². The minimum atomic E-state index is 1.34. The molecule has 32 heavy (non-hydrogen) atoms. The van der Waals surface area contributed by atoms with Gasteiger partial charge >= 0.3 is 0 Å². The number of hydrogen-bond acceptors (Lipinski definition) is 4. The van der Waals surface area contributed by atoms with Crippen LogP contribution in [0, 0.1) is 13.8 Å². The minimum Gasteiger partial charge on any atom is -0.143 e. The summed E-state index contributed by atoms with van der Waals surface area (Å²) in [6.07, 6.45) is 0. The van der Waals surface area contributed by atoms with Crippen molar-refractivity contribution < 1.29 is 0 Å². The highest BCUT2D eigenvalue weighted by Gasteiger charge is 2.13. The fraction of sp³-hybridized carbons (Fsp3) is 0.0714. The van der Waals surface area contributed by atoms with E-state index in [0.717, 1.165) is 0 Å². The van der Waals surface area contributed by atoms with Crippen LogP contribution in [0.2, 0.25) is 0 Å². The molecular formula is C28H18S4. The maximum Gasteiger partial charge on any atom is 0.0455 e. The molecule has 0 spiro atoms. The normalized spacial score (nSPS) is 12.1. The van der Waals surface area contributed by atoms with Gasteiger partial charge in [-0.15, -0.1) is 45.3 Å². The highest BCUT2D eigenvalue weighted by atomic mass is 32.1. The second-order valence-corrected chi connectivity index (χ2v) is 12.3. The molecular weight excluding hydrogens is 465 g/mol. The molecule has 7 aromatic rings. The summed E-state index contributed by atoms with van der Waals surface area (Å²) in [4.78, 5) is 5.48. The molecule has 0 nitrogen and oxygen atoms in total. The molecule has 3 aromatic carbocycles. The third-order valence-electron chi connectivity index (χ3n) is 6.10. The molecule has 0 aliphatic rings. The van der Waals surface area contributed by atoms with Gasteiger partial charge in [-0.3, -0.25) is 0 Å². The molecule has 0 aliphatic carbocycles. The van der Waals surface area contributed by atoms with Crippen LogP contribution in [0.15, 0.2) is 71.4 Å². The van der Waals surface area contributed by atoms with E-state index in [0.29, 0.717) is 0 Å². The van der Waals surface area contributed by atoms with Gasteiger partial charge < -0.3 is 0 Å². The predicted octanol–water partition coefficient (Wildman–Crippen LogP) is 10.5. The number of hydrogen-bond donors (Lipinski definition) is 0. The average molecular weight is 483 g/mol. The van der Waals surface area contributed by atoms with Crippen molar-refractivity contribution in [2.45, 2.75) is 13.8 Å². The van der Waals surface area contributed by atoms with Gasteiger partial charge in [0.25, 0.3) is 0 Å². The zero-order chi connectivity index (χ0) is 21.4. The molecule has 0 saturated heterocycles. The van der Waals surface area contributed by atoms with Gasteiger partial charge in [-0.05, 0) is 81.5 Å². The fourth-order valence-electron chi connectivity index (χ4n) is 4.58. The van der Waals surface area contributed by atoms with Gasteiger partial charge in [0.05, 0.1) is 0 Å². The van der Waals surface area contributed by atoms with Crippen LogP contribution in [0.3, 0.4) is 0 Å². The molecule has 4 heteroatoms. The summed E-state index contributed by atoms with van der Waals surface area (Å²) in [6.45, 7) is 4.34. The Morgan fingerprint density at radius 2 is 0.906 bits per heavy atom. The Labute approximate surface area is 202 Å². The number of thiophene rings is 4. The Morgan fingerprint density at radius 3 is 1.31 bits per heavy atom. The Bertz CT molecular complexity index is 1670. The molecule has 0 unspecified atom stereocenters. The molecule has 0 aliphatic heterocycles. The van der Waals surface area contributed by atoms with Gasteiger partial charge in [-0.25, -0.2) is 0 Å². The lowest BCUT2D eigenvalue weighted by molar-refractivity contribution is 1.56. The second-order valence-electron chi connectivity index (χ2n) is 8.42. The highest BCUT2D eigenvalue weighted by molar-refractivity contribution is 7.27. The maximum absolute atomic E-state index is 2.35. The van der Waals surface area contributed by atoms with Gasteiger partial charge in [0.1, 0.15) is 0 Å². The molecule has 0 amide bonds. The number of benzene rings is 3. The predicted molar refractivity (Wildman–Crippen MR) is 148 cm³/mol. The fourth-order valence-corrected chi connectivity index (χ4v) is 8.94. The van der Waals surface area contributed by atoms with Crippen molar-refractivity contribution in [1.29, 1.82) is 0 Å². The summed E-state index contributed by atoms with van der Waals surface area (Å²) < 4.78 is 2.79. The van der Waals surface area contributed by atoms with E-state index in [1.54, 1.807) is 0 Å². The Morgan fingerprint density at radius 1 is 0.469 bits per heavy atom. The zero-order valence-corrected chi connectivity index (χ0v) is 20.8. The largest absolute Gasteiger partial charge is 0.143 e. The maximum atomic E-state index is 2.35. The van der Waals surface area contributed by atoms with Crippen LogP contribution >= 0.6 is 45.3 Å². The first-order chi connectivity index (χ1) is 15.6. The molecule has 4 heterocycles. The Balaban J connectivity index is 1.46. The lowest BCUT2D eigenvalue weighted by Gasteiger charge is -2.06. The standard InChI is InChI=1S/C28H18S4/c1-15-9-23(29-13-15)25-11-17-3-5-19-20-6-4-18-12-26(24-10-16(2)14-30-24)32-28(18)22(20)8-7-21(19)27(17)31-25/h3-14H,1-2H3. The van der Waals surface area contributed by atoms with Crippen molar-refractivity contribution in [2.24, 2.45) is 0 Å². The lowest BCUT2D eigenvalue weighted by Crippen LogP contribution is -1.78. The summed E-state index contributed by atoms with van der Waals surface area (Å²) in [6, 6.07) is 23.2. The third kappa shape index (κ3) is 2.84. The van der Waals surface area contributed by atoms with Crippen molar-refractivity contribution in [3.8, 4) is 19.5 Å². The third-order valence-corrected chi connectivity index (χ3v) is 11.0. The van der Waals surface area contributed by atoms with Crippen molar-refractivity contribution in [3.05, 3.63) is 82.6 Å². The molecule has 0 atom stereocenters. The summed E-state index contributed by atoms with van der Waals surface area (Å²) in [5.41, 5.74) is 2.69. The van der Waals surface area contributed by atoms with Crippen LogP contribution in [0.4, 0.5) is 0 Å². The molecule has 0 radical (unpaired) electrons. The quantitative estimate of drug-likeness (QED) is 0.215. The summed E-state index contributed by atoms with van der Waals surface area (Å²) >= 11 is 7.53. The molecule has 0 bridgehead atoms. The van der Waals surface area contributed by atoms with E-state index in [9.17, 15) is 0 Å². The molecule has 0 N–H and O–H groups in total. The van der Waals surface area contributed by atoms with Crippen LogP contribution in [-0.2, 0) is 0 Å². The first kappa shape index (κ1) is 19.0. The Kier molecular flexibility index (Phi) is 4.16. The van der Waals surface area contributed by atoms with E-state index in [1.807, 2.05) is 45.3 Å². The van der Waals surface area contributed by atoms with E-state index >= 15 is 0 Å². The molecule has 7 rings (SSSR count). The van der Waals surface area contributed by atoms with Gasteiger partial charge in [0, 0.05) is 39.7 Å². The minimum absolute atomic E-state index is 1.34. The van der Waals surface area contributed by atoms with Gasteiger partial charge in [0.2, 0.25) is 0 Å². The Hall–Kier alpha value is -2.50. The van der Waals surface area contributed by atoms with Gasteiger partial charge in [-0.1, -0.05) is 36.4 Å². The van der Waals surface area contributed by atoms with Crippen LogP contribution in [0.25, 0.3) is 61.2 Å². The average Bonchev–Trinajstić information content (AvgIpc) is 3.57. The number of fused-ring (bicyclic) bond motifs is 7. The van der Waals surface area contributed by atoms with Gasteiger partial charge in [0.15, 0.2) is 0 Å². The molecule has 0 saturated carbocycles. The topological polar surface area (TPSA) is 0 Å². The summed E-state index contributed by atoms with van der Waals surface area (Å²) in [5.74, 6) is 0. The second kappa shape index (κ2) is 7.00. The van der Waals surface area contributed by atoms with E-state index in [-0.39, 0.29) is 0 Å². The van der Waals surface area contributed by atoms with Crippen molar-refractivity contribution in [2.75, 3.05) is 0 Å². The van der Waals surface area contributed by atoms with Crippen LogP contribution in [0.5, 0.6) is 0 Å². The van der Waals surface area contributed by atoms with Crippen molar-refractivity contribution in [3.63, 3.8) is 0 Å². The first-order valence-electron chi connectivity index (χ1n) is 10.6.